The lowest BCUT2D eigenvalue weighted by Gasteiger charge is -2.40. The number of carbonyl (C=O) groups is 1. The quantitative estimate of drug-likeness (QED) is 0.654. The SMILES string of the molecule is CC(C)(C)C1CCCCC1NC=O. The average molecular weight is 183 g/mol. The molecule has 0 heterocycles. The molecule has 1 N–H and O–H groups in total. The van der Waals surface area contributed by atoms with Crippen molar-refractivity contribution in [2.45, 2.75) is 52.5 Å². The highest BCUT2D eigenvalue weighted by molar-refractivity contribution is 5.46. The molecule has 2 nitrogen and oxygen atoms in total. The topological polar surface area (TPSA) is 29.1 Å². The Morgan fingerprint density at radius 2 is 1.85 bits per heavy atom. The Kier molecular flexibility index (Phi) is 3.34. The smallest absolute Gasteiger partial charge is 0.207 e. The van der Waals surface area contributed by atoms with Crippen molar-refractivity contribution in [3.8, 4) is 0 Å². The number of hydrogen-bond acceptors (Lipinski definition) is 1. The summed E-state index contributed by atoms with van der Waals surface area (Å²) >= 11 is 0. The third-order valence-electron chi connectivity index (χ3n) is 3.16. The first-order chi connectivity index (χ1) is 6.05. The van der Waals surface area contributed by atoms with E-state index in [9.17, 15) is 4.79 Å². The van der Waals surface area contributed by atoms with E-state index in [4.69, 9.17) is 0 Å². The minimum atomic E-state index is 0.321. The fourth-order valence-corrected chi connectivity index (χ4v) is 2.45. The van der Waals surface area contributed by atoms with E-state index in [0.717, 1.165) is 12.8 Å². The second-order valence-corrected chi connectivity index (χ2v) is 5.15. The molecule has 1 saturated carbocycles. The Balaban J connectivity index is 2.61. The molecule has 0 aromatic carbocycles. The van der Waals surface area contributed by atoms with Gasteiger partial charge in [0.1, 0.15) is 0 Å². The Hall–Kier alpha value is -0.530. The minimum Gasteiger partial charge on any atom is -0.356 e. The highest BCUT2D eigenvalue weighted by Gasteiger charge is 2.33. The van der Waals surface area contributed by atoms with Gasteiger partial charge in [0.05, 0.1) is 0 Å². The van der Waals surface area contributed by atoms with Crippen molar-refractivity contribution in [3.63, 3.8) is 0 Å². The van der Waals surface area contributed by atoms with Crippen molar-refractivity contribution < 1.29 is 4.79 Å². The molecule has 76 valence electrons. The van der Waals surface area contributed by atoms with Crippen LogP contribution >= 0.6 is 0 Å². The molecule has 1 rings (SSSR count). The third-order valence-corrected chi connectivity index (χ3v) is 3.16. The van der Waals surface area contributed by atoms with Gasteiger partial charge in [-0.1, -0.05) is 33.6 Å². The van der Waals surface area contributed by atoms with E-state index >= 15 is 0 Å². The molecule has 0 saturated heterocycles. The van der Waals surface area contributed by atoms with E-state index in [1.807, 2.05) is 0 Å². The monoisotopic (exact) mass is 183 g/mol. The van der Waals surface area contributed by atoms with Gasteiger partial charge >= 0.3 is 0 Å². The van der Waals surface area contributed by atoms with Crippen LogP contribution in [0, 0.1) is 11.3 Å². The molecule has 0 aromatic heterocycles. The lowest BCUT2D eigenvalue weighted by molar-refractivity contribution is -0.111. The molecule has 2 atom stereocenters. The minimum absolute atomic E-state index is 0.321. The van der Waals surface area contributed by atoms with Gasteiger partial charge in [0.25, 0.3) is 0 Å². The van der Waals surface area contributed by atoms with Gasteiger partial charge in [-0.2, -0.15) is 0 Å². The average Bonchev–Trinajstić information content (AvgIpc) is 2.04. The lowest BCUT2D eigenvalue weighted by Crippen LogP contribution is -2.43. The number of hydrogen-bond donors (Lipinski definition) is 1. The molecule has 13 heavy (non-hydrogen) atoms. The molecule has 2 heteroatoms. The Labute approximate surface area is 81.1 Å². The zero-order chi connectivity index (χ0) is 9.90. The maximum Gasteiger partial charge on any atom is 0.207 e. The van der Waals surface area contributed by atoms with Crippen LogP contribution in [-0.2, 0) is 4.79 Å². The van der Waals surface area contributed by atoms with Crippen LogP contribution in [0.3, 0.4) is 0 Å². The van der Waals surface area contributed by atoms with Crippen molar-refractivity contribution in [1.29, 1.82) is 0 Å². The van der Waals surface area contributed by atoms with Crippen LogP contribution in [0.1, 0.15) is 46.5 Å². The summed E-state index contributed by atoms with van der Waals surface area (Å²) in [6.07, 6.45) is 5.85. The van der Waals surface area contributed by atoms with Crippen molar-refractivity contribution in [1.82, 2.24) is 5.32 Å². The van der Waals surface area contributed by atoms with Crippen molar-refractivity contribution in [2.24, 2.45) is 11.3 Å². The van der Waals surface area contributed by atoms with Gasteiger partial charge in [-0.3, -0.25) is 4.79 Å². The van der Waals surface area contributed by atoms with Crippen molar-refractivity contribution >= 4 is 6.41 Å². The second kappa shape index (κ2) is 4.12. The molecule has 0 spiro atoms. The number of carbonyl (C=O) groups excluding carboxylic acids is 1. The summed E-state index contributed by atoms with van der Waals surface area (Å²) in [5.41, 5.74) is 0.321. The molecule has 2 unspecified atom stereocenters. The van der Waals surface area contributed by atoms with E-state index in [2.05, 4.69) is 26.1 Å². The van der Waals surface area contributed by atoms with E-state index in [1.165, 1.54) is 19.3 Å². The van der Waals surface area contributed by atoms with Crippen LogP contribution < -0.4 is 5.32 Å². The summed E-state index contributed by atoms with van der Waals surface area (Å²) in [4.78, 5) is 10.4. The van der Waals surface area contributed by atoms with Crippen molar-refractivity contribution in [3.05, 3.63) is 0 Å². The molecule has 0 aromatic rings. The lowest BCUT2D eigenvalue weighted by atomic mass is 9.69. The van der Waals surface area contributed by atoms with Crippen LogP contribution in [0.25, 0.3) is 0 Å². The summed E-state index contributed by atoms with van der Waals surface area (Å²) in [7, 11) is 0. The molecule has 0 radical (unpaired) electrons. The van der Waals surface area contributed by atoms with Gasteiger partial charge in [0.15, 0.2) is 0 Å². The van der Waals surface area contributed by atoms with Crippen LogP contribution in [0.4, 0.5) is 0 Å². The number of amides is 1. The van der Waals surface area contributed by atoms with Gasteiger partial charge in [0.2, 0.25) is 6.41 Å². The Bertz CT molecular complexity index is 171. The van der Waals surface area contributed by atoms with E-state index < -0.39 is 0 Å². The fourth-order valence-electron chi connectivity index (χ4n) is 2.45. The number of nitrogens with one attached hydrogen (secondary N) is 1. The third kappa shape index (κ3) is 2.71. The van der Waals surface area contributed by atoms with Crippen LogP contribution in [0.15, 0.2) is 0 Å². The molecular formula is C11H21NO. The van der Waals surface area contributed by atoms with E-state index in [-0.39, 0.29) is 0 Å². The maximum absolute atomic E-state index is 10.4. The van der Waals surface area contributed by atoms with Gasteiger partial charge in [-0.05, 0) is 24.2 Å². The first kappa shape index (κ1) is 10.6. The van der Waals surface area contributed by atoms with E-state index in [0.29, 0.717) is 17.4 Å². The summed E-state index contributed by atoms with van der Waals surface area (Å²) < 4.78 is 0. The predicted octanol–water partition coefficient (Wildman–Crippen LogP) is 2.34. The largest absolute Gasteiger partial charge is 0.356 e. The predicted molar refractivity (Wildman–Crippen MR) is 54.4 cm³/mol. The second-order valence-electron chi connectivity index (χ2n) is 5.15. The molecule has 1 amide bonds. The maximum atomic E-state index is 10.4. The van der Waals surface area contributed by atoms with Crippen LogP contribution in [0.2, 0.25) is 0 Å². The Morgan fingerprint density at radius 1 is 1.23 bits per heavy atom. The Morgan fingerprint density at radius 3 is 2.38 bits per heavy atom. The number of rotatable bonds is 2. The zero-order valence-corrected chi connectivity index (χ0v) is 8.97. The molecule has 0 bridgehead atoms. The van der Waals surface area contributed by atoms with E-state index in [1.54, 1.807) is 0 Å². The van der Waals surface area contributed by atoms with Crippen LogP contribution in [0.5, 0.6) is 0 Å². The van der Waals surface area contributed by atoms with Gasteiger partial charge in [-0.15, -0.1) is 0 Å². The van der Waals surface area contributed by atoms with Crippen molar-refractivity contribution in [2.75, 3.05) is 0 Å². The fraction of sp³-hybridized carbons (Fsp3) is 0.909. The molecule has 1 aliphatic carbocycles. The standard InChI is InChI=1S/C11H21NO/c1-11(2,3)9-6-4-5-7-10(9)12-8-13/h8-10H,4-7H2,1-3H3,(H,12,13). The first-order valence-electron chi connectivity index (χ1n) is 5.25. The summed E-state index contributed by atoms with van der Waals surface area (Å²) in [5, 5.41) is 2.96. The summed E-state index contributed by atoms with van der Waals surface area (Å²) in [6, 6.07) is 0.409. The van der Waals surface area contributed by atoms with Gasteiger partial charge in [-0.25, -0.2) is 0 Å². The molecule has 1 aliphatic rings. The normalized spacial score (nSPS) is 29.8. The highest BCUT2D eigenvalue weighted by Crippen LogP contribution is 2.37. The molecular weight excluding hydrogens is 162 g/mol. The first-order valence-corrected chi connectivity index (χ1v) is 5.25. The molecule has 1 fully saturated rings. The highest BCUT2D eigenvalue weighted by atomic mass is 16.1. The van der Waals surface area contributed by atoms with Gasteiger partial charge in [0, 0.05) is 6.04 Å². The van der Waals surface area contributed by atoms with Gasteiger partial charge < -0.3 is 5.32 Å². The zero-order valence-electron chi connectivity index (χ0n) is 8.97. The summed E-state index contributed by atoms with van der Waals surface area (Å²) in [6.45, 7) is 6.80. The molecule has 0 aliphatic heterocycles. The van der Waals surface area contributed by atoms with Crippen LogP contribution in [-0.4, -0.2) is 12.5 Å². The summed E-state index contributed by atoms with van der Waals surface area (Å²) in [5.74, 6) is 0.645.